The first-order valence-corrected chi connectivity index (χ1v) is 27.7. The van der Waals surface area contributed by atoms with E-state index in [1.165, 1.54) is 67.9 Å². The molecule has 0 atom stereocenters. The zero-order valence-electron chi connectivity index (χ0n) is 46.5. The summed E-state index contributed by atoms with van der Waals surface area (Å²) in [5, 5.41) is 0. The van der Waals surface area contributed by atoms with Gasteiger partial charge >= 0.3 is 12.2 Å². The molecule has 12 heteroatoms. The molecule has 0 saturated carbocycles. The van der Waals surface area contributed by atoms with Crippen LogP contribution in [0.15, 0.2) is 77.4 Å². The number of rotatable bonds is 4. The number of halogens is 1. The highest BCUT2D eigenvalue weighted by Gasteiger charge is 2.48. The van der Waals surface area contributed by atoms with Crippen LogP contribution in [0.25, 0.3) is 11.3 Å². The van der Waals surface area contributed by atoms with Crippen molar-refractivity contribution in [2.75, 3.05) is 62.2 Å². The summed E-state index contributed by atoms with van der Waals surface area (Å²) in [5.74, 6) is 1.90. The molecule has 3 saturated heterocycles. The Bertz CT molecular complexity index is 2510. The van der Waals surface area contributed by atoms with Gasteiger partial charge in [-0.2, -0.15) is 0 Å². The van der Waals surface area contributed by atoms with Crippen LogP contribution in [0.3, 0.4) is 0 Å². The van der Waals surface area contributed by atoms with Gasteiger partial charge in [0.1, 0.15) is 27.4 Å². The zero-order chi connectivity index (χ0) is 52.4. The Balaban J connectivity index is 0.000000164. The van der Waals surface area contributed by atoms with Crippen LogP contribution in [0.2, 0.25) is 12.6 Å². The van der Waals surface area contributed by atoms with Crippen LogP contribution in [0, 0.1) is 10.8 Å². The summed E-state index contributed by atoms with van der Waals surface area (Å²) in [6.07, 6.45) is 9.84. The van der Waals surface area contributed by atoms with Crippen molar-refractivity contribution in [1.82, 2.24) is 19.8 Å². The number of piperazine rings is 2. The van der Waals surface area contributed by atoms with E-state index in [1.54, 1.807) is 26.4 Å². The number of aryl methyl sites for hydroxylation is 2. The minimum Gasteiger partial charge on any atom is -0.444 e. The van der Waals surface area contributed by atoms with Gasteiger partial charge < -0.3 is 29.1 Å². The highest BCUT2D eigenvalue weighted by Crippen LogP contribution is 2.53. The summed E-state index contributed by atoms with van der Waals surface area (Å²) in [5.41, 5.74) is 10.6. The predicted octanol–water partition coefficient (Wildman–Crippen LogP) is 13.4. The Kier molecular flexibility index (Phi) is 16.6. The molecular formula is C60H86BBrN6O4. The van der Waals surface area contributed by atoms with Gasteiger partial charge in [0.2, 0.25) is 0 Å². The SMILES string of the molecule is CC(C)(C)OC(=O)N1CCN(c2cccc(-c3ccc4c(c3)C(C)(C)CCC4)n2)CC1.CC(C)(C)OC(=O)N1CCN(c2cccc(Br)n2)CC1.CC1(C)CCCc2ccc(B3CC(C)(C)C(C)(C)C3)cc21. The van der Waals surface area contributed by atoms with Gasteiger partial charge in [-0.1, -0.05) is 116 Å². The van der Waals surface area contributed by atoms with Crippen molar-refractivity contribution in [2.24, 2.45) is 10.8 Å². The fourth-order valence-electron chi connectivity index (χ4n) is 11.3. The van der Waals surface area contributed by atoms with Crippen molar-refractivity contribution in [3.63, 3.8) is 0 Å². The van der Waals surface area contributed by atoms with Gasteiger partial charge in [-0.25, -0.2) is 19.6 Å². The van der Waals surface area contributed by atoms with Crippen LogP contribution in [0.5, 0.6) is 0 Å². The molecular weight excluding hydrogens is 959 g/mol. The standard InChI is InChI=1S/C26H35N3O2.C20H31B.C14H20BrN3O2/c1-25(2,3)31-24(30)29-16-14-28(15-17-29)23-10-6-9-22(27-23)20-12-11-19-8-7-13-26(4,5)21(19)18-20;1-18(2)11-7-8-15-9-10-16(12-17(15)18)21-13-19(3,4)20(5,6)14-21;1-14(2,3)20-13(19)18-9-7-17(8-10-18)12-6-4-5-11(15)16-12/h6,9-12,18H,7-8,13-17H2,1-5H3;9-10,12H,7-8,11,13-14H2,1-6H3;4-6H,7-10H2,1-3H3. The summed E-state index contributed by atoms with van der Waals surface area (Å²) in [4.78, 5) is 41.7. The minimum absolute atomic E-state index is 0.221. The number of fused-ring (bicyclic) bond motifs is 2. The Morgan fingerprint density at radius 2 is 1.01 bits per heavy atom. The third kappa shape index (κ3) is 13.8. The van der Waals surface area contributed by atoms with Crippen molar-refractivity contribution >= 4 is 51.9 Å². The average Bonchev–Trinajstić information content (AvgIpc) is 3.53. The van der Waals surface area contributed by atoms with Crippen molar-refractivity contribution in [3.8, 4) is 11.3 Å². The summed E-state index contributed by atoms with van der Waals surface area (Å²) in [6.45, 7) is 37.1. The maximum atomic E-state index is 12.3. The number of hydrogen-bond acceptors (Lipinski definition) is 8. The van der Waals surface area contributed by atoms with E-state index in [1.807, 2.05) is 59.7 Å². The zero-order valence-corrected chi connectivity index (χ0v) is 48.1. The van der Waals surface area contributed by atoms with E-state index in [4.69, 9.17) is 14.5 Å². The highest BCUT2D eigenvalue weighted by atomic mass is 79.9. The molecule has 0 unspecified atom stereocenters. The first-order valence-electron chi connectivity index (χ1n) is 26.9. The Morgan fingerprint density at radius 1 is 0.569 bits per heavy atom. The molecule has 2 aromatic carbocycles. The normalized spacial score (nSPS) is 20.0. The van der Waals surface area contributed by atoms with Crippen molar-refractivity contribution in [2.45, 2.75) is 170 Å². The van der Waals surface area contributed by atoms with Crippen LogP contribution < -0.4 is 15.3 Å². The number of benzene rings is 2. The number of anilines is 2. The minimum atomic E-state index is -0.465. The summed E-state index contributed by atoms with van der Waals surface area (Å²) in [6, 6.07) is 26.4. The quantitative estimate of drug-likeness (QED) is 0.147. The molecule has 10 nitrogen and oxygen atoms in total. The van der Waals surface area contributed by atoms with E-state index in [-0.39, 0.29) is 17.6 Å². The largest absolute Gasteiger partial charge is 0.444 e. The predicted molar refractivity (Wildman–Crippen MR) is 303 cm³/mol. The lowest BCUT2D eigenvalue weighted by molar-refractivity contribution is 0.0230. The summed E-state index contributed by atoms with van der Waals surface area (Å²) < 4.78 is 11.7. The second kappa shape index (κ2) is 21.7. The Labute approximate surface area is 442 Å². The number of nitrogens with zero attached hydrogens (tertiary/aromatic N) is 6. The molecule has 2 amide bonds. The second-order valence-corrected chi connectivity index (χ2v) is 26.6. The molecule has 9 rings (SSSR count). The third-order valence-corrected chi connectivity index (χ3v) is 16.7. The molecule has 3 fully saturated rings. The second-order valence-electron chi connectivity index (χ2n) is 25.7. The number of hydrogen-bond donors (Lipinski definition) is 0. The first-order chi connectivity index (χ1) is 33.6. The molecule has 5 aliphatic rings. The van der Waals surface area contributed by atoms with Crippen LogP contribution in [-0.4, -0.2) is 102 Å². The number of carbonyl (C=O) groups is 2. The molecule has 4 aromatic rings. The van der Waals surface area contributed by atoms with Gasteiger partial charge in [0.05, 0.1) is 5.69 Å². The smallest absolute Gasteiger partial charge is 0.410 e. The Morgan fingerprint density at radius 3 is 1.49 bits per heavy atom. The van der Waals surface area contributed by atoms with Gasteiger partial charge in [-0.15, -0.1) is 0 Å². The maximum Gasteiger partial charge on any atom is 0.410 e. The highest BCUT2D eigenvalue weighted by molar-refractivity contribution is 9.10. The van der Waals surface area contributed by atoms with Crippen LogP contribution >= 0.6 is 15.9 Å². The van der Waals surface area contributed by atoms with Gasteiger partial charge in [0.15, 0.2) is 6.71 Å². The number of pyridine rings is 2. The molecule has 0 radical (unpaired) electrons. The lowest BCUT2D eigenvalue weighted by atomic mass is 9.42. The fourth-order valence-corrected chi connectivity index (χ4v) is 11.6. The number of amides is 2. The van der Waals surface area contributed by atoms with E-state index in [9.17, 15) is 9.59 Å². The number of ether oxygens (including phenoxy) is 2. The van der Waals surface area contributed by atoms with Crippen molar-refractivity contribution in [1.29, 1.82) is 0 Å². The van der Waals surface area contributed by atoms with E-state index >= 15 is 0 Å². The molecule has 5 heterocycles. The van der Waals surface area contributed by atoms with Crippen molar-refractivity contribution in [3.05, 3.63) is 99.7 Å². The molecule has 0 N–H and O–H groups in total. The molecule has 390 valence electrons. The summed E-state index contributed by atoms with van der Waals surface area (Å²) in [7, 11) is 0. The summed E-state index contributed by atoms with van der Waals surface area (Å²) >= 11 is 3.37. The lowest BCUT2D eigenvalue weighted by Gasteiger charge is -2.36. The first kappa shape index (κ1) is 55.2. The van der Waals surface area contributed by atoms with Gasteiger partial charge in [-0.3, -0.25) is 0 Å². The number of aromatic nitrogens is 2. The van der Waals surface area contributed by atoms with Crippen LogP contribution in [-0.2, 0) is 33.1 Å². The fraction of sp³-hybridized carbons (Fsp3) is 0.600. The molecule has 0 bridgehead atoms. The van der Waals surface area contributed by atoms with E-state index < -0.39 is 11.2 Å². The van der Waals surface area contributed by atoms with E-state index in [0.717, 1.165) is 54.8 Å². The average molecular weight is 1050 g/mol. The molecule has 0 spiro atoms. The van der Waals surface area contributed by atoms with Crippen molar-refractivity contribution < 1.29 is 19.1 Å². The monoisotopic (exact) mass is 1040 g/mol. The molecule has 3 aliphatic heterocycles. The van der Waals surface area contributed by atoms with Gasteiger partial charge in [0, 0.05) is 57.9 Å². The van der Waals surface area contributed by atoms with Gasteiger partial charge in [0.25, 0.3) is 0 Å². The maximum absolute atomic E-state index is 12.3. The third-order valence-electron chi connectivity index (χ3n) is 16.3. The topological polar surface area (TPSA) is 91.3 Å². The van der Waals surface area contributed by atoms with Crippen LogP contribution in [0.1, 0.15) is 145 Å². The van der Waals surface area contributed by atoms with Gasteiger partial charge in [-0.05, 0) is 170 Å². The lowest BCUT2D eigenvalue weighted by Crippen LogP contribution is -2.50. The van der Waals surface area contributed by atoms with Crippen LogP contribution in [0.4, 0.5) is 21.2 Å². The molecule has 72 heavy (non-hydrogen) atoms. The number of carbonyl (C=O) groups excluding carboxylic acids is 2. The molecule has 2 aromatic heterocycles. The Hall–Kier alpha value is -4.58. The molecule has 2 aliphatic carbocycles. The van der Waals surface area contributed by atoms with E-state index in [2.05, 4.69) is 141 Å². The van der Waals surface area contributed by atoms with E-state index in [0.29, 0.717) is 42.4 Å².